The molecule has 0 bridgehead atoms. The van der Waals surface area contributed by atoms with Gasteiger partial charge in [0, 0.05) is 23.1 Å². The molecule has 4 nitrogen and oxygen atoms in total. The summed E-state index contributed by atoms with van der Waals surface area (Å²) < 4.78 is 13.7. The van der Waals surface area contributed by atoms with Crippen LogP contribution in [-0.4, -0.2) is 35.4 Å². The second-order valence-corrected chi connectivity index (χ2v) is 7.05. The molecule has 1 aromatic heterocycles. The van der Waals surface area contributed by atoms with Crippen molar-refractivity contribution in [1.29, 1.82) is 0 Å². The molecule has 148 valence electrons. The van der Waals surface area contributed by atoms with Gasteiger partial charge in [-0.15, -0.1) is 0 Å². The molecule has 2 aromatic carbocycles. The predicted molar refractivity (Wildman–Crippen MR) is 112 cm³/mol. The maximum atomic E-state index is 13.7. The number of rotatable bonds is 8. The van der Waals surface area contributed by atoms with Gasteiger partial charge in [-0.3, -0.25) is 9.69 Å². The Hall–Kier alpha value is -2.66. The Bertz CT molecular complexity index is 932. The van der Waals surface area contributed by atoms with Gasteiger partial charge in [-0.2, -0.15) is 0 Å². The monoisotopic (exact) mass is 381 g/mol. The number of benzene rings is 2. The summed E-state index contributed by atoms with van der Waals surface area (Å²) in [5, 5.41) is 3.86. The first-order valence-electron chi connectivity index (χ1n) is 9.85. The van der Waals surface area contributed by atoms with E-state index in [4.69, 9.17) is 0 Å². The molecule has 1 unspecified atom stereocenters. The van der Waals surface area contributed by atoms with Crippen molar-refractivity contribution in [3.63, 3.8) is 0 Å². The van der Waals surface area contributed by atoms with Gasteiger partial charge >= 0.3 is 0 Å². The Kier molecular flexibility index (Phi) is 6.47. The number of carbonyl (C=O) groups excluding carboxylic acids is 1. The Morgan fingerprint density at radius 1 is 1.14 bits per heavy atom. The first-order valence-corrected chi connectivity index (χ1v) is 9.85. The van der Waals surface area contributed by atoms with Crippen LogP contribution in [0.5, 0.6) is 0 Å². The third kappa shape index (κ3) is 4.42. The highest BCUT2D eigenvalue weighted by molar-refractivity contribution is 5.90. The predicted octanol–water partition coefficient (Wildman–Crippen LogP) is 4.36. The number of nitrogens with one attached hydrogen (secondary N) is 2. The summed E-state index contributed by atoms with van der Waals surface area (Å²) in [4.78, 5) is 18.3. The molecule has 1 amide bonds. The molecule has 0 spiro atoms. The second kappa shape index (κ2) is 9.02. The van der Waals surface area contributed by atoms with E-state index in [1.807, 2.05) is 25.1 Å². The minimum absolute atomic E-state index is 0.0543. The van der Waals surface area contributed by atoms with Crippen LogP contribution in [0.3, 0.4) is 0 Å². The molecule has 0 fully saturated rings. The van der Waals surface area contributed by atoms with E-state index in [1.165, 1.54) is 17.7 Å². The number of aromatic amines is 1. The number of aromatic nitrogens is 1. The van der Waals surface area contributed by atoms with Crippen molar-refractivity contribution in [2.24, 2.45) is 0 Å². The number of carbonyl (C=O) groups is 1. The van der Waals surface area contributed by atoms with Crippen LogP contribution in [0.2, 0.25) is 0 Å². The van der Waals surface area contributed by atoms with Gasteiger partial charge in [0.1, 0.15) is 5.82 Å². The molecule has 0 aliphatic heterocycles. The molecular weight excluding hydrogens is 353 g/mol. The van der Waals surface area contributed by atoms with Crippen LogP contribution in [0, 0.1) is 12.7 Å². The zero-order valence-electron chi connectivity index (χ0n) is 16.8. The minimum Gasteiger partial charge on any atom is -0.358 e. The van der Waals surface area contributed by atoms with Crippen LogP contribution in [0.25, 0.3) is 10.9 Å². The highest BCUT2D eigenvalue weighted by atomic mass is 19.1. The molecule has 0 saturated carbocycles. The largest absolute Gasteiger partial charge is 0.358 e. The van der Waals surface area contributed by atoms with Crippen molar-refractivity contribution >= 4 is 16.8 Å². The van der Waals surface area contributed by atoms with Gasteiger partial charge in [-0.1, -0.05) is 44.2 Å². The number of hydrogen-bond acceptors (Lipinski definition) is 2. The number of amides is 1. The van der Waals surface area contributed by atoms with Gasteiger partial charge < -0.3 is 10.3 Å². The highest BCUT2D eigenvalue weighted by Gasteiger charge is 2.19. The molecular formula is C23H28FN3O. The molecule has 0 radical (unpaired) electrons. The fraction of sp³-hybridized carbons (Fsp3) is 0.348. The van der Waals surface area contributed by atoms with Gasteiger partial charge in [0.2, 0.25) is 5.91 Å². The average Bonchev–Trinajstić information content (AvgIpc) is 3.00. The Morgan fingerprint density at radius 3 is 2.54 bits per heavy atom. The lowest BCUT2D eigenvalue weighted by Gasteiger charge is -2.30. The lowest BCUT2D eigenvalue weighted by molar-refractivity contribution is -0.120. The van der Waals surface area contributed by atoms with E-state index in [9.17, 15) is 9.18 Å². The van der Waals surface area contributed by atoms with Crippen LogP contribution in [-0.2, 0) is 11.2 Å². The van der Waals surface area contributed by atoms with Crippen molar-refractivity contribution in [2.75, 3.05) is 19.6 Å². The number of hydrogen-bond donors (Lipinski definition) is 2. The molecule has 1 heterocycles. The summed E-state index contributed by atoms with van der Waals surface area (Å²) in [6.07, 6.45) is 0.231. The van der Waals surface area contributed by atoms with E-state index in [1.54, 1.807) is 6.07 Å². The number of halogens is 1. The fourth-order valence-electron chi connectivity index (χ4n) is 3.81. The quantitative estimate of drug-likeness (QED) is 0.609. The summed E-state index contributed by atoms with van der Waals surface area (Å²) in [5.41, 5.74) is 3.80. The smallest absolute Gasteiger partial charge is 0.224 e. The van der Waals surface area contributed by atoms with Crippen molar-refractivity contribution in [2.45, 2.75) is 33.2 Å². The van der Waals surface area contributed by atoms with Crippen LogP contribution in [0.15, 0.2) is 48.5 Å². The van der Waals surface area contributed by atoms with Gasteiger partial charge in [-0.25, -0.2) is 4.39 Å². The van der Waals surface area contributed by atoms with Crippen molar-refractivity contribution in [1.82, 2.24) is 15.2 Å². The molecule has 3 rings (SSSR count). The van der Waals surface area contributed by atoms with Crippen molar-refractivity contribution < 1.29 is 9.18 Å². The van der Waals surface area contributed by atoms with Gasteiger partial charge in [0.05, 0.1) is 12.5 Å². The average molecular weight is 381 g/mol. The molecule has 0 aliphatic rings. The highest BCUT2D eigenvalue weighted by Crippen LogP contribution is 2.24. The van der Waals surface area contributed by atoms with Gasteiger partial charge in [-0.05, 0) is 49.3 Å². The molecule has 2 N–H and O–H groups in total. The normalized spacial score (nSPS) is 12.5. The Morgan fingerprint density at radius 2 is 1.86 bits per heavy atom. The first-order chi connectivity index (χ1) is 13.5. The van der Waals surface area contributed by atoms with E-state index < -0.39 is 0 Å². The van der Waals surface area contributed by atoms with Crippen LogP contribution < -0.4 is 5.32 Å². The van der Waals surface area contributed by atoms with Crippen molar-refractivity contribution in [3.8, 4) is 0 Å². The number of H-pyrrole nitrogens is 1. The van der Waals surface area contributed by atoms with Gasteiger partial charge in [0.25, 0.3) is 0 Å². The summed E-state index contributed by atoms with van der Waals surface area (Å²) in [5.74, 6) is -0.347. The van der Waals surface area contributed by atoms with E-state index >= 15 is 0 Å². The number of aryl methyl sites for hydroxylation is 1. The maximum Gasteiger partial charge on any atom is 0.224 e. The molecule has 0 saturated heterocycles. The number of likely N-dealkylation sites (N-methyl/N-ethyl adjacent to an activating group) is 1. The lowest BCUT2D eigenvalue weighted by atomic mass is 10.0. The topological polar surface area (TPSA) is 48.1 Å². The molecule has 1 atom stereocenters. The van der Waals surface area contributed by atoms with Gasteiger partial charge in [0.15, 0.2) is 0 Å². The molecule has 0 aliphatic carbocycles. The second-order valence-electron chi connectivity index (χ2n) is 7.05. The summed E-state index contributed by atoms with van der Waals surface area (Å²) >= 11 is 0. The molecule has 28 heavy (non-hydrogen) atoms. The number of nitrogens with zero attached hydrogens (tertiary/aromatic N) is 1. The van der Waals surface area contributed by atoms with Crippen molar-refractivity contribution in [3.05, 3.63) is 71.2 Å². The summed E-state index contributed by atoms with van der Waals surface area (Å²) in [6, 6.07) is 15.0. The van der Waals surface area contributed by atoms with E-state index in [0.717, 1.165) is 35.2 Å². The lowest BCUT2D eigenvalue weighted by Crippen LogP contribution is -2.38. The third-order valence-corrected chi connectivity index (χ3v) is 5.35. The Labute approximate surface area is 165 Å². The molecule has 3 aromatic rings. The van der Waals surface area contributed by atoms with Crippen LogP contribution in [0.4, 0.5) is 4.39 Å². The first kappa shape index (κ1) is 20.1. The summed E-state index contributed by atoms with van der Waals surface area (Å²) in [6.45, 7) is 8.54. The minimum atomic E-state index is -0.293. The SMILES string of the molecule is CCN(CC)C(CNC(=O)Cc1c(C)[nH]c2ccc(F)cc12)c1ccccc1. The third-order valence-electron chi connectivity index (χ3n) is 5.35. The van der Waals surface area contributed by atoms with Crippen LogP contribution >= 0.6 is 0 Å². The molecule has 5 heteroatoms. The van der Waals surface area contributed by atoms with E-state index in [-0.39, 0.29) is 24.2 Å². The fourth-order valence-corrected chi connectivity index (χ4v) is 3.81. The zero-order valence-corrected chi connectivity index (χ0v) is 16.8. The van der Waals surface area contributed by atoms with E-state index in [2.05, 4.69) is 41.2 Å². The zero-order chi connectivity index (χ0) is 20.1. The van der Waals surface area contributed by atoms with Crippen LogP contribution in [0.1, 0.15) is 36.7 Å². The summed E-state index contributed by atoms with van der Waals surface area (Å²) in [7, 11) is 0. The maximum absolute atomic E-state index is 13.7. The Balaban J connectivity index is 1.73. The standard InChI is InChI=1S/C23H28FN3O/c1-4-27(5-2)22(17-9-7-6-8-10-17)15-25-23(28)14-19-16(3)26-21-12-11-18(24)13-20(19)21/h6-13,22,26H,4-5,14-15H2,1-3H3,(H,25,28). The number of fused-ring (bicyclic) bond motifs is 1. The van der Waals surface area contributed by atoms with E-state index in [0.29, 0.717) is 6.54 Å².